The summed E-state index contributed by atoms with van der Waals surface area (Å²) in [6.45, 7) is 8.75. The zero-order chi connectivity index (χ0) is 27.2. The lowest BCUT2D eigenvalue weighted by molar-refractivity contribution is -0.157. The number of amides is 1. The van der Waals surface area contributed by atoms with Crippen molar-refractivity contribution in [2.45, 2.75) is 46.3 Å². The maximum atomic E-state index is 12.8. The molecule has 0 bridgehead atoms. The molecule has 37 heavy (non-hydrogen) atoms. The zero-order valence-electron chi connectivity index (χ0n) is 21.5. The fraction of sp³-hybridized carbons (Fsp3) is 0.286. The third kappa shape index (κ3) is 7.90. The lowest BCUT2D eigenvalue weighted by Crippen LogP contribution is -2.48. The van der Waals surface area contributed by atoms with Crippen molar-refractivity contribution >= 4 is 34.7 Å². The van der Waals surface area contributed by atoms with Crippen molar-refractivity contribution in [3.63, 3.8) is 0 Å². The van der Waals surface area contributed by atoms with Crippen molar-refractivity contribution in [1.29, 1.82) is 0 Å². The molecule has 0 aromatic heterocycles. The van der Waals surface area contributed by atoms with Gasteiger partial charge in [-0.2, -0.15) is 0 Å². The van der Waals surface area contributed by atoms with Gasteiger partial charge in [0.2, 0.25) is 0 Å². The molecule has 0 fully saturated rings. The van der Waals surface area contributed by atoms with E-state index < -0.39 is 35.0 Å². The van der Waals surface area contributed by atoms with Gasteiger partial charge in [0.1, 0.15) is 17.4 Å². The van der Waals surface area contributed by atoms with Crippen molar-refractivity contribution in [2.24, 2.45) is 5.92 Å². The molecule has 2 unspecified atom stereocenters. The highest BCUT2D eigenvalue weighted by atomic mass is 32.2. The zero-order valence-corrected chi connectivity index (χ0v) is 22.3. The Bertz CT molecular complexity index is 1220. The highest BCUT2D eigenvalue weighted by molar-refractivity contribution is 7.80. The van der Waals surface area contributed by atoms with Gasteiger partial charge in [-0.05, 0) is 74.2 Å². The Kier molecular flexibility index (Phi) is 9.07. The lowest BCUT2D eigenvalue weighted by Gasteiger charge is -2.36. The SMILES string of the molecule is CC(C)C(C(=O)OC(C)(C)C)N(c1ccc(-c2ccc(OC(=O)Nc3ccccc3)cc2)cc1)S(=O)[O-]. The molecule has 0 spiro atoms. The van der Waals surface area contributed by atoms with Gasteiger partial charge in [-0.1, -0.05) is 56.3 Å². The molecule has 196 valence electrons. The van der Waals surface area contributed by atoms with E-state index in [0.717, 1.165) is 15.4 Å². The molecule has 1 amide bonds. The number of carbonyl (C=O) groups is 2. The van der Waals surface area contributed by atoms with Gasteiger partial charge < -0.3 is 14.0 Å². The van der Waals surface area contributed by atoms with Gasteiger partial charge in [0, 0.05) is 22.6 Å². The van der Waals surface area contributed by atoms with E-state index in [2.05, 4.69) is 5.32 Å². The lowest BCUT2D eigenvalue weighted by atomic mass is 10.0. The molecule has 8 nitrogen and oxygen atoms in total. The molecule has 1 N–H and O–H groups in total. The average Bonchev–Trinajstić information content (AvgIpc) is 2.82. The van der Waals surface area contributed by atoms with E-state index in [4.69, 9.17) is 9.47 Å². The Morgan fingerprint density at radius 1 is 0.892 bits per heavy atom. The van der Waals surface area contributed by atoms with Crippen LogP contribution in [0.25, 0.3) is 11.1 Å². The predicted octanol–water partition coefficient (Wildman–Crippen LogP) is 5.93. The third-order valence-corrected chi connectivity index (χ3v) is 5.99. The second kappa shape index (κ2) is 12.0. The Morgan fingerprint density at radius 3 is 1.92 bits per heavy atom. The molecule has 0 saturated carbocycles. The van der Waals surface area contributed by atoms with Crippen LogP contribution in [-0.4, -0.2) is 32.5 Å². The predicted molar refractivity (Wildman–Crippen MR) is 144 cm³/mol. The Hall–Kier alpha value is -3.69. The molecule has 3 aromatic rings. The molecule has 3 rings (SSSR count). The first-order chi connectivity index (χ1) is 17.4. The standard InChI is InChI=1S/C28H32N2O6S/c1-19(2)25(26(31)36-28(3,4)5)30(37(33)34)23-15-11-20(12-16-23)21-13-17-24(18-14-21)35-27(32)29-22-9-7-6-8-10-22/h6-19,25H,1-5H3,(H,29,32)(H,33,34)/p-1. The van der Waals surface area contributed by atoms with Crippen molar-refractivity contribution in [3.8, 4) is 16.9 Å². The fourth-order valence-electron chi connectivity index (χ4n) is 3.63. The van der Waals surface area contributed by atoms with Crippen LogP contribution < -0.4 is 14.4 Å². The maximum absolute atomic E-state index is 12.8. The minimum atomic E-state index is -2.70. The highest BCUT2D eigenvalue weighted by Gasteiger charge is 2.34. The van der Waals surface area contributed by atoms with Crippen LogP contribution >= 0.6 is 0 Å². The average molecular weight is 524 g/mol. The largest absolute Gasteiger partial charge is 0.755 e. The number of nitrogens with zero attached hydrogens (tertiary/aromatic N) is 1. The highest BCUT2D eigenvalue weighted by Crippen LogP contribution is 2.29. The number of carbonyl (C=O) groups excluding carboxylic acids is 2. The number of nitrogens with one attached hydrogen (secondary N) is 1. The van der Waals surface area contributed by atoms with Gasteiger partial charge >= 0.3 is 12.1 Å². The second-order valence-corrected chi connectivity index (χ2v) is 10.5. The first-order valence-corrected chi connectivity index (χ1v) is 12.8. The van der Waals surface area contributed by atoms with Crippen molar-refractivity contribution < 1.29 is 27.8 Å². The van der Waals surface area contributed by atoms with Crippen LogP contribution in [0.4, 0.5) is 16.2 Å². The van der Waals surface area contributed by atoms with E-state index in [1.165, 1.54) is 0 Å². The summed E-state index contributed by atoms with van der Waals surface area (Å²) in [6, 6.07) is 21.7. The third-order valence-electron chi connectivity index (χ3n) is 5.23. The number of hydrogen-bond donors (Lipinski definition) is 1. The van der Waals surface area contributed by atoms with Crippen molar-refractivity contribution in [3.05, 3.63) is 78.9 Å². The summed E-state index contributed by atoms with van der Waals surface area (Å²) < 4.78 is 36.2. The van der Waals surface area contributed by atoms with Gasteiger partial charge in [-0.3, -0.25) is 13.8 Å². The molecule has 0 heterocycles. The van der Waals surface area contributed by atoms with E-state index in [0.29, 0.717) is 17.1 Å². The second-order valence-electron chi connectivity index (χ2n) is 9.72. The van der Waals surface area contributed by atoms with Gasteiger partial charge in [0.25, 0.3) is 0 Å². The van der Waals surface area contributed by atoms with Gasteiger partial charge in [0.15, 0.2) is 0 Å². The maximum Gasteiger partial charge on any atom is 0.417 e. The van der Waals surface area contributed by atoms with E-state index in [-0.39, 0.29) is 5.92 Å². The number of para-hydroxylation sites is 1. The number of ether oxygens (including phenoxy) is 2. The van der Waals surface area contributed by atoms with Crippen LogP contribution in [0.3, 0.4) is 0 Å². The summed E-state index contributed by atoms with van der Waals surface area (Å²) in [4.78, 5) is 24.9. The number of esters is 1. The molecule has 0 saturated heterocycles. The van der Waals surface area contributed by atoms with Crippen molar-refractivity contribution in [2.75, 3.05) is 9.62 Å². The summed E-state index contributed by atoms with van der Waals surface area (Å²) in [5.74, 6) is -0.555. The summed E-state index contributed by atoms with van der Waals surface area (Å²) in [6.07, 6.45) is -0.598. The number of rotatable bonds is 8. The van der Waals surface area contributed by atoms with Gasteiger partial charge in [-0.25, -0.2) is 9.59 Å². The summed E-state index contributed by atoms with van der Waals surface area (Å²) >= 11 is -2.70. The molecule has 0 aliphatic carbocycles. The van der Waals surface area contributed by atoms with Gasteiger partial charge in [0.05, 0.1) is 0 Å². The van der Waals surface area contributed by atoms with Crippen LogP contribution in [0.1, 0.15) is 34.6 Å². The number of benzene rings is 3. The van der Waals surface area contributed by atoms with E-state index in [1.807, 2.05) is 18.2 Å². The quantitative estimate of drug-likeness (QED) is 0.290. The normalized spacial score (nSPS) is 12.9. The molecular formula is C28H31N2O6S-. The molecule has 9 heteroatoms. The molecule has 3 aromatic carbocycles. The Balaban J connectivity index is 1.74. The Labute approximate surface area is 220 Å². The molecule has 2 atom stereocenters. The van der Waals surface area contributed by atoms with Gasteiger partial charge in [-0.15, -0.1) is 0 Å². The number of anilines is 2. The first kappa shape index (κ1) is 27.9. The van der Waals surface area contributed by atoms with E-state index in [9.17, 15) is 18.4 Å². The van der Waals surface area contributed by atoms with E-state index in [1.54, 1.807) is 95.3 Å². The van der Waals surface area contributed by atoms with Crippen LogP contribution in [-0.2, 0) is 20.8 Å². The van der Waals surface area contributed by atoms with Crippen LogP contribution in [0.2, 0.25) is 0 Å². The smallest absolute Gasteiger partial charge is 0.417 e. The molecule has 0 aliphatic heterocycles. The minimum absolute atomic E-state index is 0.320. The van der Waals surface area contributed by atoms with Crippen LogP contribution in [0.15, 0.2) is 78.9 Å². The minimum Gasteiger partial charge on any atom is -0.755 e. The number of hydrogen-bond acceptors (Lipinski definition) is 6. The topological polar surface area (TPSA) is 108 Å². The Morgan fingerprint density at radius 2 is 1.43 bits per heavy atom. The molecule has 0 aliphatic rings. The van der Waals surface area contributed by atoms with Crippen LogP contribution in [0, 0.1) is 5.92 Å². The summed E-state index contributed by atoms with van der Waals surface area (Å²) in [7, 11) is 0. The summed E-state index contributed by atoms with van der Waals surface area (Å²) in [5, 5.41) is 2.65. The first-order valence-electron chi connectivity index (χ1n) is 11.8. The summed E-state index contributed by atoms with van der Waals surface area (Å²) in [5.41, 5.74) is 1.88. The van der Waals surface area contributed by atoms with Crippen molar-refractivity contribution in [1.82, 2.24) is 0 Å². The molecular weight excluding hydrogens is 492 g/mol. The van der Waals surface area contributed by atoms with Crippen LogP contribution in [0.5, 0.6) is 5.75 Å². The fourth-order valence-corrected chi connectivity index (χ4v) is 4.44. The monoisotopic (exact) mass is 523 g/mol. The van der Waals surface area contributed by atoms with E-state index >= 15 is 0 Å². The molecule has 0 radical (unpaired) electrons.